The van der Waals surface area contributed by atoms with Gasteiger partial charge in [0, 0.05) is 23.6 Å². The van der Waals surface area contributed by atoms with Gasteiger partial charge >= 0.3 is 12.3 Å². The number of fused-ring (bicyclic) bond motifs is 1. The summed E-state index contributed by atoms with van der Waals surface area (Å²) in [7, 11) is 0. The van der Waals surface area contributed by atoms with Gasteiger partial charge in [-0.15, -0.1) is 13.2 Å². The van der Waals surface area contributed by atoms with Gasteiger partial charge in [0.25, 0.3) is 0 Å². The topological polar surface area (TPSA) is 51.5 Å². The summed E-state index contributed by atoms with van der Waals surface area (Å²) in [6.45, 7) is 0.262. The van der Waals surface area contributed by atoms with E-state index in [4.69, 9.17) is 5.11 Å². The van der Waals surface area contributed by atoms with Crippen molar-refractivity contribution in [1.82, 2.24) is 4.57 Å². The van der Waals surface area contributed by atoms with Gasteiger partial charge in [-0.05, 0) is 24.3 Å². The van der Waals surface area contributed by atoms with Crippen molar-refractivity contribution in [2.24, 2.45) is 0 Å². The fourth-order valence-corrected chi connectivity index (χ4v) is 1.79. The molecule has 0 bridgehead atoms. The molecule has 0 spiro atoms. The van der Waals surface area contributed by atoms with Crippen molar-refractivity contribution < 1.29 is 27.8 Å². The molecule has 0 saturated heterocycles. The maximum Gasteiger partial charge on any atom is 0.573 e. The standard InChI is InChI=1S/C12H10F3NO3/c13-12(14,15)19-9-1-2-10-8(7-9)3-5-16(10)6-4-11(17)18/h1-3,5,7H,4,6H2,(H,17,18). The number of benzene rings is 1. The molecular weight excluding hydrogens is 263 g/mol. The maximum atomic E-state index is 12.1. The summed E-state index contributed by atoms with van der Waals surface area (Å²) in [5.41, 5.74) is 0.663. The Balaban J connectivity index is 2.24. The third-order valence-corrected chi connectivity index (χ3v) is 2.54. The third-order valence-electron chi connectivity index (χ3n) is 2.54. The number of hydrogen-bond donors (Lipinski definition) is 1. The first-order chi connectivity index (χ1) is 8.85. The first-order valence-electron chi connectivity index (χ1n) is 5.41. The number of nitrogens with zero attached hydrogens (tertiary/aromatic N) is 1. The molecular formula is C12H10F3NO3. The Hall–Kier alpha value is -2.18. The van der Waals surface area contributed by atoms with Crippen LogP contribution in [0.15, 0.2) is 30.5 Å². The summed E-state index contributed by atoms with van der Waals surface area (Å²) in [6, 6.07) is 5.55. The average molecular weight is 273 g/mol. The predicted molar refractivity (Wildman–Crippen MR) is 60.9 cm³/mol. The number of aryl methyl sites for hydroxylation is 1. The number of halogens is 3. The highest BCUT2D eigenvalue weighted by Gasteiger charge is 2.31. The second-order valence-electron chi connectivity index (χ2n) is 3.92. The van der Waals surface area contributed by atoms with E-state index in [0.29, 0.717) is 10.9 Å². The van der Waals surface area contributed by atoms with Crippen LogP contribution in [0.25, 0.3) is 10.9 Å². The molecule has 0 aliphatic carbocycles. The van der Waals surface area contributed by atoms with Crippen LogP contribution in [0, 0.1) is 0 Å². The van der Waals surface area contributed by atoms with Crippen LogP contribution in [0.2, 0.25) is 0 Å². The average Bonchev–Trinajstić information content (AvgIpc) is 2.66. The van der Waals surface area contributed by atoms with E-state index < -0.39 is 12.3 Å². The Labute approximate surface area is 106 Å². The molecule has 1 aromatic heterocycles. The minimum atomic E-state index is -4.72. The molecule has 102 valence electrons. The predicted octanol–water partition coefficient (Wildman–Crippen LogP) is 3.01. The lowest BCUT2D eigenvalue weighted by Crippen LogP contribution is -2.17. The minimum Gasteiger partial charge on any atom is -0.481 e. The molecule has 1 heterocycles. The van der Waals surface area contributed by atoms with Gasteiger partial charge in [0.15, 0.2) is 0 Å². The van der Waals surface area contributed by atoms with E-state index in [1.807, 2.05) is 0 Å². The van der Waals surface area contributed by atoms with Crippen LogP contribution in [0.3, 0.4) is 0 Å². The lowest BCUT2D eigenvalue weighted by molar-refractivity contribution is -0.274. The van der Waals surface area contributed by atoms with E-state index in [2.05, 4.69) is 4.74 Å². The SMILES string of the molecule is O=C(O)CCn1ccc2cc(OC(F)(F)F)ccc21. The van der Waals surface area contributed by atoms with Crippen LogP contribution < -0.4 is 4.74 Å². The summed E-state index contributed by atoms with van der Waals surface area (Å²) >= 11 is 0. The summed E-state index contributed by atoms with van der Waals surface area (Å²) < 4.78 is 41.7. The van der Waals surface area contributed by atoms with E-state index in [1.54, 1.807) is 16.8 Å². The highest BCUT2D eigenvalue weighted by Crippen LogP contribution is 2.27. The zero-order valence-corrected chi connectivity index (χ0v) is 9.65. The Kier molecular flexibility index (Phi) is 3.37. The monoisotopic (exact) mass is 273 g/mol. The van der Waals surface area contributed by atoms with Crippen LogP contribution in [-0.4, -0.2) is 22.0 Å². The summed E-state index contributed by atoms with van der Waals surface area (Å²) in [5.74, 6) is -1.23. The van der Waals surface area contributed by atoms with Gasteiger partial charge in [0.05, 0.1) is 6.42 Å². The van der Waals surface area contributed by atoms with E-state index in [1.165, 1.54) is 18.2 Å². The molecule has 0 radical (unpaired) electrons. The lowest BCUT2D eigenvalue weighted by atomic mass is 10.2. The van der Waals surface area contributed by atoms with Crippen LogP contribution in [0.1, 0.15) is 6.42 Å². The molecule has 0 aliphatic heterocycles. The number of carbonyl (C=O) groups is 1. The van der Waals surface area contributed by atoms with E-state index in [0.717, 1.165) is 0 Å². The Morgan fingerprint density at radius 1 is 1.32 bits per heavy atom. The van der Waals surface area contributed by atoms with Crippen LogP contribution in [-0.2, 0) is 11.3 Å². The lowest BCUT2D eigenvalue weighted by Gasteiger charge is -2.09. The van der Waals surface area contributed by atoms with E-state index in [9.17, 15) is 18.0 Å². The molecule has 4 nitrogen and oxygen atoms in total. The Bertz CT molecular complexity index is 604. The van der Waals surface area contributed by atoms with Crippen molar-refractivity contribution in [1.29, 1.82) is 0 Å². The van der Waals surface area contributed by atoms with Crippen molar-refractivity contribution in [3.63, 3.8) is 0 Å². The molecule has 19 heavy (non-hydrogen) atoms. The Morgan fingerprint density at radius 3 is 2.68 bits per heavy atom. The third kappa shape index (κ3) is 3.40. The normalized spacial score (nSPS) is 11.7. The van der Waals surface area contributed by atoms with Crippen molar-refractivity contribution in [3.8, 4) is 5.75 Å². The number of aromatic nitrogens is 1. The number of hydrogen-bond acceptors (Lipinski definition) is 2. The van der Waals surface area contributed by atoms with Crippen molar-refractivity contribution in [2.45, 2.75) is 19.3 Å². The number of carboxylic acids is 1. The quantitative estimate of drug-likeness (QED) is 0.931. The molecule has 0 amide bonds. The Morgan fingerprint density at radius 2 is 2.05 bits per heavy atom. The van der Waals surface area contributed by atoms with Crippen molar-refractivity contribution in [2.75, 3.05) is 0 Å². The van der Waals surface area contributed by atoms with Crippen molar-refractivity contribution in [3.05, 3.63) is 30.5 Å². The number of rotatable bonds is 4. The molecule has 2 rings (SSSR count). The van der Waals surface area contributed by atoms with Crippen molar-refractivity contribution >= 4 is 16.9 Å². The zero-order chi connectivity index (χ0) is 14.0. The largest absolute Gasteiger partial charge is 0.573 e. The van der Waals surface area contributed by atoms with Gasteiger partial charge < -0.3 is 14.4 Å². The first kappa shape index (κ1) is 13.3. The summed E-state index contributed by atoms with van der Waals surface area (Å²) in [6.07, 6.45) is -3.14. The number of ether oxygens (including phenoxy) is 1. The molecule has 0 unspecified atom stereocenters. The van der Waals surface area contributed by atoms with Gasteiger partial charge in [0.1, 0.15) is 5.75 Å². The minimum absolute atomic E-state index is 0.0510. The molecule has 0 atom stereocenters. The highest BCUT2D eigenvalue weighted by atomic mass is 19.4. The van der Waals surface area contributed by atoms with Crippen LogP contribution >= 0.6 is 0 Å². The zero-order valence-electron chi connectivity index (χ0n) is 9.65. The fraction of sp³-hybridized carbons (Fsp3) is 0.250. The molecule has 1 N–H and O–H groups in total. The molecule has 1 aromatic carbocycles. The second kappa shape index (κ2) is 4.83. The smallest absolute Gasteiger partial charge is 0.481 e. The molecule has 0 saturated carbocycles. The molecule has 0 fully saturated rings. The molecule has 7 heteroatoms. The van der Waals surface area contributed by atoms with E-state index >= 15 is 0 Å². The summed E-state index contributed by atoms with van der Waals surface area (Å²) in [4.78, 5) is 10.5. The number of carboxylic acid groups (broad SMARTS) is 1. The number of aliphatic carboxylic acids is 1. The van der Waals surface area contributed by atoms with E-state index in [-0.39, 0.29) is 18.7 Å². The van der Waals surface area contributed by atoms with Gasteiger partial charge in [-0.2, -0.15) is 0 Å². The first-order valence-corrected chi connectivity index (χ1v) is 5.41. The summed E-state index contributed by atoms with van der Waals surface area (Å²) in [5, 5.41) is 9.16. The van der Waals surface area contributed by atoms with Gasteiger partial charge in [-0.1, -0.05) is 0 Å². The second-order valence-corrected chi connectivity index (χ2v) is 3.92. The number of alkyl halides is 3. The fourth-order valence-electron chi connectivity index (χ4n) is 1.79. The van der Waals surface area contributed by atoms with Gasteiger partial charge in [-0.25, -0.2) is 0 Å². The highest BCUT2D eigenvalue weighted by molar-refractivity contribution is 5.81. The van der Waals surface area contributed by atoms with Gasteiger partial charge in [-0.3, -0.25) is 4.79 Å². The van der Waals surface area contributed by atoms with Crippen LogP contribution in [0.5, 0.6) is 5.75 Å². The van der Waals surface area contributed by atoms with Crippen LogP contribution in [0.4, 0.5) is 13.2 Å². The van der Waals surface area contributed by atoms with Gasteiger partial charge in [0.2, 0.25) is 0 Å². The molecule has 2 aromatic rings. The molecule has 0 aliphatic rings. The maximum absolute atomic E-state index is 12.1.